The third kappa shape index (κ3) is 5.34. The van der Waals surface area contributed by atoms with E-state index in [2.05, 4.69) is 6.58 Å². The fourth-order valence-electron chi connectivity index (χ4n) is 2.27. The Labute approximate surface area is 153 Å². The molecule has 0 fully saturated rings. The van der Waals surface area contributed by atoms with Crippen molar-refractivity contribution in [3.05, 3.63) is 77.9 Å². The first-order valence-electron chi connectivity index (χ1n) is 7.77. The maximum absolute atomic E-state index is 13.1. The van der Waals surface area contributed by atoms with Crippen LogP contribution >= 0.6 is 0 Å². The predicted octanol–water partition coefficient (Wildman–Crippen LogP) is 4.73. The number of alkyl halides is 3. The molecule has 0 unspecified atom stereocenters. The number of carbonyl (C=O) groups is 2. The van der Waals surface area contributed by atoms with Gasteiger partial charge in [0.05, 0.1) is 11.1 Å². The fourth-order valence-corrected chi connectivity index (χ4v) is 2.27. The summed E-state index contributed by atoms with van der Waals surface area (Å²) in [6.45, 7) is 3.22. The standard InChI is InChI=1S/C19H16F3NO4/c1-2-8-23(18(26)27-12-13-6-4-3-5-7-13)16-10-14(17(24)25)9-15(11-16)19(20,21)22/h2-7,9-11H,1,8,12H2,(H,24,25). The number of anilines is 1. The van der Waals surface area contributed by atoms with Crippen LogP contribution in [0, 0.1) is 0 Å². The smallest absolute Gasteiger partial charge is 0.416 e. The molecular weight excluding hydrogens is 363 g/mol. The molecule has 0 atom stereocenters. The first kappa shape index (κ1) is 20.0. The maximum Gasteiger partial charge on any atom is 0.416 e. The molecule has 0 spiro atoms. The zero-order valence-electron chi connectivity index (χ0n) is 14.1. The number of carboxylic acid groups (broad SMARTS) is 1. The number of halogens is 3. The molecule has 0 aliphatic rings. The predicted molar refractivity (Wildman–Crippen MR) is 92.6 cm³/mol. The van der Waals surface area contributed by atoms with E-state index < -0.39 is 29.4 Å². The van der Waals surface area contributed by atoms with Gasteiger partial charge in [0.15, 0.2) is 0 Å². The van der Waals surface area contributed by atoms with Crippen LogP contribution in [-0.4, -0.2) is 23.7 Å². The molecule has 0 aromatic heterocycles. The molecule has 0 aliphatic heterocycles. The van der Waals surface area contributed by atoms with E-state index in [1.807, 2.05) is 0 Å². The highest BCUT2D eigenvalue weighted by Crippen LogP contribution is 2.33. The number of carboxylic acids is 1. The van der Waals surface area contributed by atoms with Crippen LogP contribution in [0.15, 0.2) is 61.2 Å². The minimum Gasteiger partial charge on any atom is -0.478 e. The number of aromatic carboxylic acids is 1. The van der Waals surface area contributed by atoms with Gasteiger partial charge in [-0.1, -0.05) is 36.4 Å². The van der Waals surface area contributed by atoms with Crippen molar-refractivity contribution < 1.29 is 32.6 Å². The molecule has 2 rings (SSSR count). The van der Waals surface area contributed by atoms with E-state index in [1.165, 1.54) is 6.08 Å². The lowest BCUT2D eigenvalue weighted by atomic mass is 10.1. The summed E-state index contributed by atoms with van der Waals surface area (Å²) in [6.07, 6.45) is -4.40. The molecule has 5 nitrogen and oxygen atoms in total. The highest BCUT2D eigenvalue weighted by atomic mass is 19.4. The Morgan fingerprint density at radius 2 is 1.81 bits per heavy atom. The van der Waals surface area contributed by atoms with Crippen molar-refractivity contribution in [3.8, 4) is 0 Å². The molecule has 0 bridgehead atoms. The maximum atomic E-state index is 13.1. The highest BCUT2D eigenvalue weighted by Gasteiger charge is 2.33. The molecule has 8 heteroatoms. The molecule has 142 valence electrons. The zero-order valence-corrected chi connectivity index (χ0v) is 14.1. The summed E-state index contributed by atoms with van der Waals surface area (Å²) in [5.41, 5.74) is -1.33. The number of nitrogens with zero attached hydrogens (tertiary/aromatic N) is 1. The molecular formula is C19H16F3NO4. The van der Waals surface area contributed by atoms with Gasteiger partial charge in [0.25, 0.3) is 0 Å². The first-order chi connectivity index (χ1) is 12.7. The van der Waals surface area contributed by atoms with Crippen molar-refractivity contribution in [1.29, 1.82) is 0 Å². The van der Waals surface area contributed by atoms with Crippen LogP contribution in [0.25, 0.3) is 0 Å². The second-order valence-electron chi connectivity index (χ2n) is 5.51. The first-order valence-corrected chi connectivity index (χ1v) is 7.77. The Kier molecular flexibility index (Phi) is 6.23. The van der Waals surface area contributed by atoms with E-state index in [0.29, 0.717) is 17.7 Å². The topological polar surface area (TPSA) is 66.8 Å². The van der Waals surface area contributed by atoms with Gasteiger partial charge < -0.3 is 9.84 Å². The lowest BCUT2D eigenvalue weighted by Crippen LogP contribution is -2.32. The molecule has 27 heavy (non-hydrogen) atoms. The average molecular weight is 379 g/mol. The Balaban J connectivity index is 2.34. The van der Waals surface area contributed by atoms with Gasteiger partial charge in [0.2, 0.25) is 0 Å². The molecule has 2 aromatic rings. The summed E-state index contributed by atoms with van der Waals surface area (Å²) >= 11 is 0. The summed E-state index contributed by atoms with van der Waals surface area (Å²) < 4.78 is 44.4. The van der Waals surface area contributed by atoms with Crippen LogP contribution in [0.1, 0.15) is 21.5 Å². The number of rotatable bonds is 6. The number of hydrogen-bond acceptors (Lipinski definition) is 3. The summed E-state index contributed by atoms with van der Waals surface area (Å²) in [5.74, 6) is -1.54. The second kappa shape index (κ2) is 8.39. The minimum atomic E-state index is -4.77. The monoisotopic (exact) mass is 379 g/mol. The third-order valence-electron chi connectivity index (χ3n) is 3.54. The van der Waals surface area contributed by atoms with Gasteiger partial charge in [-0.25, -0.2) is 9.59 Å². The summed E-state index contributed by atoms with van der Waals surface area (Å²) in [5, 5.41) is 9.08. The van der Waals surface area contributed by atoms with Crippen LogP contribution in [0.2, 0.25) is 0 Å². The molecule has 0 heterocycles. The van der Waals surface area contributed by atoms with Crippen LogP contribution in [0.3, 0.4) is 0 Å². The van der Waals surface area contributed by atoms with Gasteiger partial charge >= 0.3 is 18.2 Å². The Morgan fingerprint density at radius 1 is 1.15 bits per heavy atom. The Hall–Kier alpha value is -3.29. The van der Waals surface area contributed by atoms with Crippen molar-refractivity contribution >= 4 is 17.7 Å². The lowest BCUT2D eigenvalue weighted by Gasteiger charge is -2.22. The minimum absolute atomic E-state index is 0.0853. The van der Waals surface area contributed by atoms with E-state index in [-0.39, 0.29) is 18.8 Å². The van der Waals surface area contributed by atoms with Crippen molar-refractivity contribution in [2.24, 2.45) is 0 Å². The van der Waals surface area contributed by atoms with Crippen molar-refractivity contribution in [2.75, 3.05) is 11.4 Å². The molecule has 2 aromatic carbocycles. The molecule has 0 saturated carbocycles. The Bertz CT molecular complexity index is 835. The summed E-state index contributed by atoms with van der Waals surface area (Å²) in [6, 6.07) is 10.9. The van der Waals surface area contributed by atoms with Crippen LogP contribution in [-0.2, 0) is 17.5 Å². The summed E-state index contributed by atoms with van der Waals surface area (Å²) in [4.78, 5) is 24.4. The van der Waals surface area contributed by atoms with E-state index in [0.717, 1.165) is 11.0 Å². The zero-order chi connectivity index (χ0) is 20.0. The van der Waals surface area contributed by atoms with Gasteiger partial charge in [-0.05, 0) is 23.8 Å². The average Bonchev–Trinajstić information content (AvgIpc) is 2.64. The van der Waals surface area contributed by atoms with Crippen LogP contribution < -0.4 is 4.90 Å². The Morgan fingerprint density at radius 3 is 2.37 bits per heavy atom. The largest absolute Gasteiger partial charge is 0.478 e. The fraction of sp³-hybridized carbons (Fsp3) is 0.158. The normalized spacial score (nSPS) is 10.9. The summed E-state index contributed by atoms with van der Waals surface area (Å²) in [7, 11) is 0. The van der Waals surface area contributed by atoms with E-state index in [9.17, 15) is 22.8 Å². The molecule has 0 saturated heterocycles. The number of carbonyl (C=O) groups excluding carboxylic acids is 1. The van der Waals surface area contributed by atoms with Crippen molar-refractivity contribution in [3.63, 3.8) is 0 Å². The van der Waals surface area contributed by atoms with Crippen LogP contribution in [0.5, 0.6) is 0 Å². The number of hydrogen-bond donors (Lipinski definition) is 1. The SMILES string of the molecule is C=CCN(C(=O)OCc1ccccc1)c1cc(C(=O)O)cc(C(F)(F)F)c1. The van der Waals surface area contributed by atoms with E-state index in [4.69, 9.17) is 9.84 Å². The van der Waals surface area contributed by atoms with Crippen LogP contribution in [0.4, 0.5) is 23.7 Å². The van der Waals surface area contributed by atoms with Gasteiger partial charge in [0.1, 0.15) is 6.61 Å². The number of amides is 1. The molecule has 0 aliphatic carbocycles. The van der Waals surface area contributed by atoms with Crippen molar-refractivity contribution in [2.45, 2.75) is 12.8 Å². The van der Waals surface area contributed by atoms with Gasteiger partial charge in [0, 0.05) is 12.2 Å². The van der Waals surface area contributed by atoms with Gasteiger partial charge in [-0.2, -0.15) is 13.2 Å². The van der Waals surface area contributed by atoms with E-state index in [1.54, 1.807) is 30.3 Å². The van der Waals surface area contributed by atoms with Gasteiger partial charge in [-0.3, -0.25) is 4.90 Å². The van der Waals surface area contributed by atoms with Crippen molar-refractivity contribution in [1.82, 2.24) is 0 Å². The third-order valence-corrected chi connectivity index (χ3v) is 3.54. The van der Waals surface area contributed by atoms with Gasteiger partial charge in [-0.15, -0.1) is 6.58 Å². The molecule has 1 N–H and O–H groups in total. The number of benzene rings is 2. The second-order valence-corrected chi connectivity index (χ2v) is 5.51. The number of ether oxygens (including phenoxy) is 1. The molecule has 1 amide bonds. The quantitative estimate of drug-likeness (QED) is 0.737. The molecule has 0 radical (unpaired) electrons. The lowest BCUT2D eigenvalue weighted by molar-refractivity contribution is -0.137. The highest BCUT2D eigenvalue weighted by molar-refractivity contribution is 5.93. The van der Waals surface area contributed by atoms with E-state index >= 15 is 0 Å².